The van der Waals surface area contributed by atoms with Crippen LogP contribution < -0.4 is 0 Å². The van der Waals surface area contributed by atoms with Gasteiger partial charge in [-0.1, -0.05) is 44.2 Å². The van der Waals surface area contributed by atoms with Gasteiger partial charge in [0.1, 0.15) is 5.78 Å². The second-order valence-corrected chi connectivity index (χ2v) is 4.66. The molecule has 18 heavy (non-hydrogen) atoms. The van der Waals surface area contributed by atoms with Crippen LogP contribution in [0.1, 0.15) is 38.2 Å². The maximum Gasteiger partial charge on any atom is 0.306 e. The Labute approximate surface area is 108 Å². The molecule has 0 fully saturated rings. The van der Waals surface area contributed by atoms with Crippen LogP contribution in [0.4, 0.5) is 0 Å². The first-order valence-corrected chi connectivity index (χ1v) is 6.19. The van der Waals surface area contributed by atoms with Crippen molar-refractivity contribution in [2.75, 3.05) is 7.11 Å². The molecule has 0 bridgehead atoms. The second-order valence-electron chi connectivity index (χ2n) is 4.66. The van der Waals surface area contributed by atoms with Crippen LogP contribution in [0.15, 0.2) is 30.3 Å². The van der Waals surface area contributed by atoms with E-state index in [4.69, 9.17) is 0 Å². The quantitative estimate of drug-likeness (QED) is 0.727. The van der Waals surface area contributed by atoms with Crippen molar-refractivity contribution in [1.82, 2.24) is 0 Å². The van der Waals surface area contributed by atoms with Gasteiger partial charge in [-0.15, -0.1) is 0 Å². The van der Waals surface area contributed by atoms with Gasteiger partial charge in [0.05, 0.1) is 13.5 Å². The molecule has 1 aromatic rings. The maximum atomic E-state index is 12.0. The zero-order valence-corrected chi connectivity index (χ0v) is 11.2. The summed E-state index contributed by atoms with van der Waals surface area (Å²) in [7, 11) is 1.34. The minimum Gasteiger partial charge on any atom is -0.469 e. The molecule has 0 heterocycles. The molecular weight excluding hydrogens is 228 g/mol. The zero-order valence-electron chi connectivity index (χ0n) is 11.2. The summed E-state index contributed by atoms with van der Waals surface area (Å²) in [5.74, 6) is -0.317. The van der Waals surface area contributed by atoms with E-state index >= 15 is 0 Å². The topological polar surface area (TPSA) is 43.4 Å². The maximum absolute atomic E-state index is 12.0. The predicted molar refractivity (Wildman–Crippen MR) is 70.3 cm³/mol. The van der Waals surface area contributed by atoms with E-state index in [1.165, 1.54) is 7.11 Å². The van der Waals surface area contributed by atoms with Crippen LogP contribution in [-0.4, -0.2) is 18.9 Å². The molecule has 2 atom stereocenters. The number of methoxy groups -OCH3 is 1. The first kappa shape index (κ1) is 14.4. The summed E-state index contributed by atoms with van der Waals surface area (Å²) in [6.07, 6.45) is 0.624. The Bertz CT molecular complexity index is 397. The first-order chi connectivity index (χ1) is 8.54. The predicted octanol–water partition coefficient (Wildman–Crippen LogP) is 2.95. The molecular formula is C15H20O3. The van der Waals surface area contributed by atoms with Crippen LogP contribution in [0, 0.1) is 5.92 Å². The Morgan fingerprint density at radius 2 is 1.72 bits per heavy atom. The van der Waals surface area contributed by atoms with E-state index in [0.29, 0.717) is 6.42 Å². The molecule has 0 spiro atoms. The number of benzene rings is 1. The van der Waals surface area contributed by atoms with Crippen LogP contribution in [0.3, 0.4) is 0 Å². The minimum atomic E-state index is -0.330. The van der Waals surface area contributed by atoms with Gasteiger partial charge in [-0.3, -0.25) is 9.59 Å². The number of carbonyl (C=O) groups is 2. The summed E-state index contributed by atoms with van der Waals surface area (Å²) >= 11 is 0. The highest BCUT2D eigenvalue weighted by molar-refractivity contribution is 5.85. The van der Waals surface area contributed by atoms with Crippen LogP contribution in [0.25, 0.3) is 0 Å². The van der Waals surface area contributed by atoms with Gasteiger partial charge in [0, 0.05) is 12.3 Å². The fourth-order valence-corrected chi connectivity index (χ4v) is 1.85. The van der Waals surface area contributed by atoms with Crippen molar-refractivity contribution >= 4 is 11.8 Å². The van der Waals surface area contributed by atoms with Gasteiger partial charge in [-0.2, -0.15) is 0 Å². The van der Waals surface area contributed by atoms with Crippen LogP contribution >= 0.6 is 0 Å². The van der Waals surface area contributed by atoms with Crippen molar-refractivity contribution in [2.24, 2.45) is 5.92 Å². The minimum absolute atomic E-state index is 0.108. The molecule has 98 valence electrons. The fourth-order valence-electron chi connectivity index (χ4n) is 1.85. The highest BCUT2D eigenvalue weighted by Gasteiger charge is 2.20. The van der Waals surface area contributed by atoms with Gasteiger partial charge < -0.3 is 4.74 Å². The van der Waals surface area contributed by atoms with Crippen molar-refractivity contribution in [1.29, 1.82) is 0 Å². The summed E-state index contributed by atoms with van der Waals surface area (Å²) in [6, 6.07) is 9.92. The van der Waals surface area contributed by atoms with Gasteiger partial charge in [0.15, 0.2) is 0 Å². The van der Waals surface area contributed by atoms with Crippen molar-refractivity contribution in [3.05, 3.63) is 35.9 Å². The highest BCUT2D eigenvalue weighted by atomic mass is 16.5. The SMILES string of the molecule is COC(=O)CC(C)C(=O)CC(C)c1ccccc1. The van der Waals surface area contributed by atoms with E-state index in [0.717, 1.165) is 5.56 Å². The van der Waals surface area contributed by atoms with Gasteiger partial charge in [0.2, 0.25) is 0 Å². The standard InChI is InChI=1S/C15H20O3/c1-11(13-7-5-4-6-8-13)9-14(16)12(2)10-15(17)18-3/h4-8,11-12H,9-10H2,1-3H3. The Hall–Kier alpha value is -1.64. The molecule has 0 radical (unpaired) electrons. The van der Waals surface area contributed by atoms with Gasteiger partial charge >= 0.3 is 5.97 Å². The van der Waals surface area contributed by atoms with E-state index < -0.39 is 0 Å². The summed E-state index contributed by atoms with van der Waals surface area (Å²) in [4.78, 5) is 23.1. The Kier molecular flexibility index (Phi) is 5.56. The number of ether oxygens (including phenoxy) is 1. The van der Waals surface area contributed by atoms with Gasteiger partial charge in [-0.25, -0.2) is 0 Å². The number of hydrogen-bond donors (Lipinski definition) is 0. The zero-order chi connectivity index (χ0) is 13.5. The molecule has 0 aliphatic heterocycles. The number of esters is 1. The summed E-state index contributed by atoms with van der Waals surface area (Å²) in [6.45, 7) is 3.80. The molecule has 3 heteroatoms. The monoisotopic (exact) mass is 248 g/mol. The lowest BCUT2D eigenvalue weighted by Gasteiger charge is -2.14. The summed E-state index contributed by atoms with van der Waals surface area (Å²) < 4.78 is 4.57. The van der Waals surface area contributed by atoms with E-state index in [2.05, 4.69) is 4.74 Å². The lowest BCUT2D eigenvalue weighted by molar-refractivity contribution is -0.143. The average Bonchev–Trinajstić information content (AvgIpc) is 2.39. The number of ketones is 1. The third-order valence-electron chi connectivity index (χ3n) is 3.13. The highest BCUT2D eigenvalue weighted by Crippen LogP contribution is 2.21. The molecule has 0 saturated heterocycles. The van der Waals surface area contributed by atoms with E-state index in [9.17, 15) is 9.59 Å². The molecule has 0 N–H and O–H groups in total. The molecule has 2 unspecified atom stereocenters. The smallest absolute Gasteiger partial charge is 0.306 e. The molecule has 3 nitrogen and oxygen atoms in total. The number of Topliss-reactive ketones (excluding diaryl/α,β-unsaturated/α-hetero) is 1. The normalized spacial score (nSPS) is 13.7. The van der Waals surface area contributed by atoms with Crippen molar-refractivity contribution in [2.45, 2.75) is 32.6 Å². The number of rotatable bonds is 6. The lowest BCUT2D eigenvalue weighted by Crippen LogP contribution is -2.18. The van der Waals surface area contributed by atoms with Crippen LogP contribution in [-0.2, 0) is 14.3 Å². The lowest BCUT2D eigenvalue weighted by atomic mass is 9.90. The van der Waals surface area contributed by atoms with Crippen LogP contribution in [0.2, 0.25) is 0 Å². The van der Waals surface area contributed by atoms with Crippen molar-refractivity contribution in [3.63, 3.8) is 0 Å². The largest absolute Gasteiger partial charge is 0.469 e. The first-order valence-electron chi connectivity index (χ1n) is 6.19. The molecule has 0 saturated carbocycles. The fraction of sp³-hybridized carbons (Fsp3) is 0.467. The Balaban J connectivity index is 2.52. The summed E-state index contributed by atoms with van der Waals surface area (Å²) in [5.41, 5.74) is 1.15. The molecule has 1 rings (SSSR count). The van der Waals surface area contributed by atoms with E-state index in [1.54, 1.807) is 6.92 Å². The van der Waals surface area contributed by atoms with Crippen LogP contribution in [0.5, 0.6) is 0 Å². The molecule has 0 aliphatic rings. The molecule has 1 aromatic carbocycles. The third-order valence-corrected chi connectivity index (χ3v) is 3.13. The molecule has 0 aliphatic carbocycles. The Morgan fingerprint density at radius 1 is 1.11 bits per heavy atom. The summed E-state index contributed by atoms with van der Waals surface area (Å²) in [5, 5.41) is 0. The number of carbonyl (C=O) groups excluding carboxylic acids is 2. The van der Waals surface area contributed by atoms with Gasteiger partial charge in [0.25, 0.3) is 0 Å². The third kappa shape index (κ3) is 4.32. The van der Waals surface area contributed by atoms with Gasteiger partial charge in [-0.05, 0) is 11.5 Å². The van der Waals surface area contributed by atoms with Crippen molar-refractivity contribution < 1.29 is 14.3 Å². The Morgan fingerprint density at radius 3 is 2.28 bits per heavy atom. The van der Waals surface area contributed by atoms with Crippen molar-refractivity contribution in [3.8, 4) is 0 Å². The second kappa shape index (κ2) is 6.94. The average molecular weight is 248 g/mol. The van der Waals surface area contributed by atoms with E-state index in [-0.39, 0.29) is 30.0 Å². The van der Waals surface area contributed by atoms with E-state index in [1.807, 2.05) is 37.3 Å². The molecule has 0 aromatic heterocycles. The number of hydrogen-bond acceptors (Lipinski definition) is 3. The molecule has 0 amide bonds.